The van der Waals surface area contributed by atoms with E-state index in [-0.39, 0.29) is 11.9 Å². The van der Waals surface area contributed by atoms with Gasteiger partial charge in [-0.2, -0.15) is 0 Å². The number of ether oxygens (including phenoxy) is 1. The summed E-state index contributed by atoms with van der Waals surface area (Å²) in [7, 11) is 4.11. The summed E-state index contributed by atoms with van der Waals surface area (Å²) >= 11 is 0. The lowest BCUT2D eigenvalue weighted by Crippen LogP contribution is -2.19. The third kappa shape index (κ3) is 6.60. The largest absolute Gasteiger partial charge is 0.508 e. The van der Waals surface area contributed by atoms with Crippen molar-refractivity contribution in [1.82, 2.24) is 4.90 Å². The van der Waals surface area contributed by atoms with Crippen molar-refractivity contribution in [3.05, 3.63) is 102 Å². The smallest absolute Gasteiger partial charge is 0.115 e. The Labute approximate surface area is 173 Å². The van der Waals surface area contributed by atoms with Crippen LogP contribution in [0, 0.1) is 0 Å². The number of phenolic OH excluding ortho intramolecular Hbond substituents is 1. The zero-order chi connectivity index (χ0) is 20.5. The second-order valence-electron chi connectivity index (χ2n) is 7.40. The van der Waals surface area contributed by atoms with Gasteiger partial charge in [-0.25, -0.2) is 0 Å². The third-order valence-corrected chi connectivity index (χ3v) is 4.81. The van der Waals surface area contributed by atoms with E-state index in [1.165, 1.54) is 16.7 Å². The molecule has 3 rings (SSSR count). The van der Waals surface area contributed by atoms with Crippen molar-refractivity contribution in [2.45, 2.75) is 12.5 Å². The number of phenols is 1. The minimum atomic E-state index is -0.0280. The lowest BCUT2D eigenvalue weighted by Gasteiger charge is -2.22. The summed E-state index contributed by atoms with van der Waals surface area (Å²) in [6.07, 6.45) is 2.92. The molecule has 3 nitrogen and oxygen atoms in total. The van der Waals surface area contributed by atoms with Crippen molar-refractivity contribution >= 4 is 11.6 Å². The van der Waals surface area contributed by atoms with Crippen LogP contribution in [0.2, 0.25) is 0 Å². The maximum atomic E-state index is 9.60. The zero-order valence-electron chi connectivity index (χ0n) is 17.2. The molecule has 1 N–H and O–H groups in total. The Morgan fingerprint density at radius 3 is 2.14 bits per heavy atom. The van der Waals surface area contributed by atoms with Crippen molar-refractivity contribution < 1.29 is 9.84 Å². The van der Waals surface area contributed by atoms with E-state index in [1.807, 2.05) is 24.3 Å². The van der Waals surface area contributed by atoms with Crippen LogP contribution in [0.1, 0.15) is 29.2 Å². The molecular formula is C26H29NO2. The maximum absolute atomic E-state index is 9.60. The van der Waals surface area contributed by atoms with E-state index in [0.717, 1.165) is 18.5 Å². The van der Waals surface area contributed by atoms with Crippen molar-refractivity contribution in [2.75, 3.05) is 27.2 Å². The maximum Gasteiger partial charge on any atom is 0.115 e. The van der Waals surface area contributed by atoms with Crippen molar-refractivity contribution in [1.29, 1.82) is 0 Å². The van der Waals surface area contributed by atoms with Gasteiger partial charge in [0.25, 0.3) is 0 Å². The molecule has 1 unspecified atom stereocenters. The fraction of sp³-hybridized carbons (Fsp3) is 0.231. The molecule has 0 aliphatic rings. The molecule has 0 saturated carbocycles. The highest BCUT2D eigenvalue weighted by Gasteiger charge is 2.16. The van der Waals surface area contributed by atoms with E-state index in [0.29, 0.717) is 6.61 Å². The van der Waals surface area contributed by atoms with Crippen LogP contribution in [-0.4, -0.2) is 37.3 Å². The quantitative estimate of drug-likeness (QED) is 0.482. The van der Waals surface area contributed by atoms with Crippen molar-refractivity contribution in [3.8, 4) is 5.75 Å². The molecule has 3 heteroatoms. The molecule has 150 valence electrons. The van der Waals surface area contributed by atoms with Crippen LogP contribution in [-0.2, 0) is 4.74 Å². The van der Waals surface area contributed by atoms with E-state index in [1.54, 1.807) is 12.1 Å². The minimum absolute atomic E-state index is 0.0280. The average molecular weight is 388 g/mol. The second-order valence-corrected chi connectivity index (χ2v) is 7.40. The number of hydrogen-bond acceptors (Lipinski definition) is 3. The van der Waals surface area contributed by atoms with Gasteiger partial charge in [-0.15, -0.1) is 0 Å². The summed E-state index contributed by atoms with van der Waals surface area (Å²) in [6, 6.07) is 28.1. The van der Waals surface area contributed by atoms with Crippen LogP contribution in [0.4, 0.5) is 0 Å². The normalized spacial score (nSPS) is 12.9. The summed E-state index contributed by atoms with van der Waals surface area (Å²) in [5.74, 6) is 0.276. The van der Waals surface area contributed by atoms with E-state index < -0.39 is 0 Å². The summed E-state index contributed by atoms with van der Waals surface area (Å²) in [6.45, 7) is 1.56. The molecule has 3 aromatic rings. The molecule has 0 spiro atoms. The molecule has 0 heterocycles. The molecule has 29 heavy (non-hydrogen) atoms. The highest BCUT2D eigenvalue weighted by atomic mass is 16.5. The van der Waals surface area contributed by atoms with Crippen molar-refractivity contribution in [3.63, 3.8) is 0 Å². The monoisotopic (exact) mass is 387 g/mol. The highest BCUT2D eigenvalue weighted by molar-refractivity contribution is 5.81. The van der Waals surface area contributed by atoms with E-state index in [4.69, 9.17) is 4.74 Å². The number of rotatable bonds is 9. The number of hydrogen-bond donors (Lipinski definition) is 1. The lowest BCUT2D eigenvalue weighted by atomic mass is 9.94. The topological polar surface area (TPSA) is 32.7 Å². The minimum Gasteiger partial charge on any atom is -0.508 e. The van der Waals surface area contributed by atoms with E-state index in [9.17, 15) is 5.11 Å². The Hall–Kier alpha value is -2.88. The SMILES string of the molecule is CN(C)CCOC(CC(=Cc1ccc(O)cc1)c1ccccc1)c1ccccc1. The fourth-order valence-electron chi connectivity index (χ4n) is 3.20. The number of nitrogens with zero attached hydrogens (tertiary/aromatic N) is 1. The highest BCUT2D eigenvalue weighted by Crippen LogP contribution is 2.32. The molecule has 0 saturated heterocycles. The molecule has 1 atom stereocenters. The van der Waals surface area contributed by atoms with Gasteiger partial charge in [0.2, 0.25) is 0 Å². The Kier molecular flexibility index (Phi) is 7.62. The first-order valence-electron chi connectivity index (χ1n) is 9.98. The first-order chi connectivity index (χ1) is 14.1. The molecule has 0 radical (unpaired) electrons. The molecule has 0 amide bonds. The summed E-state index contributed by atoms with van der Waals surface area (Å²) in [5, 5.41) is 9.60. The van der Waals surface area contributed by atoms with Crippen molar-refractivity contribution in [2.24, 2.45) is 0 Å². The number of aromatic hydroxyl groups is 1. The van der Waals surface area contributed by atoms with Gasteiger partial charge in [-0.1, -0.05) is 78.9 Å². The van der Waals surface area contributed by atoms with Crippen LogP contribution in [0.25, 0.3) is 11.6 Å². The summed E-state index contributed by atoms with van der Waals surface area (Å²) < 4.78 is 6.33. The Bertz CT molecular complexity index is 887. The standard InChI is InChI=1S/C26H29NO2/c1-27(2)17-18-29-26(23-11-7-4-8-12-23)20-24(22-9-5-3-6-10-22)19-21-13-15-25(28)16-14-21/h3-16,19,26,28H,17-18,20H2,1-2H3. The van der Waals surface area contributed by atoms with Gasteiger partial charge in [0.15, 0.2) is 0 Å². The van der Waals surface area contributed by atoms with Crippen LogP contribution < -0.4 is 0 Å². The van der Waals surface area contributed by atoms with Gasteiger partial charge in [0, 0.05) is 13.0 Å². The first kappa shape index (κ1) is 20.8. The van der Waals surface area contributed by atoms with Gasteiger partial charge >= 0.3 is 0 Å². The summed E-state index contributed by atoms with van der Waals surface area (Å²) in [5.41, 5.74) is 4.62. The van der Waals surface area contributed by atoms with Crippen LogP contribution in [0.3, 0.4) is 0 Å². The molecule has 0 aliphatic carbocycles. The predicted octanol–water partition coefficient (Wildman–Crippen LogP) is 5.64. The predicted molar refractivity (Wildman–Crippen MR) is 121 cm³/mol. The van der Waals surface area contributed by atoms with Gasteiger partial charge in [0.1, 0.15) is 5.75 Å². The first-order valence-corrected chi connectivity index (χ1v) is 9.98. The molecule has 0 aromatic heterocycles. The van der Waals surface area contributed by atoms with Gasteiger partial charge in [-0.3, -0.25) is 0 Å². The molecule has 0 aliphatic heterocycles. The zero-order valence-corrected chi connectivity index (χ0v) is 17.2. The van der Waals surface area contributed by atoms with Crippen LogP contribution in [0.15, 0.2) is 84.9 Å². The Morgan fingerprint density at radius 2 is 1.52 bits per heavy atom. The van der Waals surface area contributed by atoms with Gasteiger partial charge < -0.3 is 14.7 Å². The van der Waals surface area contributed by atoms with E-state index in [2.05, 4.69) is 73.6 Å². The van der Waals surface area contributed by atoms with Crippen LogP contribution in [0.5, 0.6) is 5.75 Å². The second kappa shape index (κ2) is 10.6. The summed E-state index contributed by atoms with van der Waals surface area (Å²) in [4.78, 5) is 2.13. The molecule has 0 fully saturated rings. The van der Waals surface area contributed by atoms with Gasteiger partial charge in [0.05, 0.1) is 12.7 Å². The fourth-order valence-corrected chi connectivity index (χ4v) is 3.20. The lowest BCUT2D eigenvalue weighted by molar-refractivity contribution is 0.0468. The number of benzene rings is 3. The molecule has 3 aromatic carbocycles. The third-order valence-electron chi connectivity index (χ3n) is 4.81. The number of likely N-dealkylation sites (N-methyl/N-ethyl adjacent to an activating group) is 1. The molecule has 0 bridgehead atoms. The average Bonchev–Trinajstić information content (AvgIpc) is 2.75. The van der Waals surface area contributed by atoms with Crippen LogP contribution >= 0.6 is 0 Å². The Balaban J connectivity index is 1.91. The van der Waals surface area contributed by atoms with E-state index >= 15 is 0 Å². The van der Waals surface area contributed by atoms with Gasteiger partial charge in [-0.05, 0) is 48.5 Å². The Morgan fingerprint density at radius 1 is 0.897 bits per heavy atom. The molecular weight excluding hydrogens is 358 g/mol.